The smallest absolute Gasteiger partial charge is 0.271 e. The molecule has 3 aromatic rings. The number of hydrogen-bond donors (Lipinski definition) is 4. The van der Waals surface area contributed by atoms with E-state index in [1.165, 1.54) is 5.56 Å². The molecule has 8 heteroatoms. The van der Waals surface area contributed by atoms with Crippen molar-refractivity contribution in [3.8, 4) is 11.5 Å². The Labute approximate surface area is 185 Å². The number of nitrogens with two attached hydrogens (primary N) is 1. The topological polar surface area (TPSA) is 113 Å². The third-order valence-corrected chi connectivity index (χ3v) is 5.43. The number of aromatic nitrogens is 1. The highest BCUT2D eigenvalue weighted by Crippen LogP contribution is 2.30. The largest absolute Gasteiger partial charge is 0.457 e. The Morgan fingerprint density at radius 1 is 1.23 bits per heavy atom. The first-order valence-electron chi connectivity index (χ1n) is 9.99. The van der Waals surface area contributed by atoms with E-state index in [2.05, 4.69) is 41.5 Å². The molecule has 0 radical (unpaired) electrons. The first-order chi connectivity index (χ1) is 14.7. The van der Waals surface area contributed by atoms with Crippen molar-refractivity contribution in [3.63, 3.8) is 0 Å². The second-order valence-corrected chi connectivity index (χ2v) is 9.13. The summed E-state index contributed by atoms with van der Waals surface area (Å²) in [7, 11) is 0. The molecule has 5 N–H and O–H groups in total. The lowest BCUT2D eigenvalue weighted by atomic mass is 9.87. The van der Waals surface area contributed by atoms with Gasteiger partial charge in [-0.2, -0.15) is 0 Å². The van der Waals surface area contributed by atoms with Crippen LogP contribution in [0.2, 0.25) is 0 Å². The number of nitrogens with one attached hydrogen (secondary N) is 2. The fraction of sp³-hybridized carbons (Fsp3) is 0.304. The summed E-state index contributed by atoms with van der Waals surface area (Å²) >= 11 is 1.14. The fourth-order valence-corrected chi connectivity index (χ4v) is 3.63. The second kappa shape index (κ2) is 9.36. The molecule has 0 aliphatic heterocycles. The Morgan fingerprint density at radius 3 is 2.58 bits per heavy atom. The van der Waals surface area contributed by atoms with E-state index in [0.29, 0.717) is 10.8 Å². The SMILES string of the molecule is CC(CO)N=C(N)c1c(Nc2ccc(Oc3cccc(C(C)(C)C)c3)cc2)s[nH]c1=O. The van der Waals surface area contributed by atoms with E-state index in [1.54, 1.807) is 6.92 Å². The van der Waals surface area contributed by atoms with Crippen LogP contribution >= 0.6 is 11.5 Å². The van der Waals surface area contributed by atoms with Crippen LogP contribution in [0.5, 0.6) is 11.5 Å². The van der Waals surface area contributed by atoms with E-state index in [-0.39, 0.29) is 35.0 Å². The number of ether oxygens (including phenoxy) is 1. The molecule has 0 spiro atoms. The van der Waals surface area contributed by atoms with Crippen LogP contribution < -0.4 is 21.3 Å². The van der Waals surface area contributed by atoms with Gasteiger partial charge in [-0.3, -0.25) is 14.2 Å². The number of benzene rings is 2. The summed E-state index contributed by atoms with van der Waals surface area (Å²) in [6.45, 7) is 8.07. The molecule has 0 aliphatic rings. The van der Waals surface area contributed by atoms with Crippen molar-refractivity contribution < 1.29 is 9.84 Å². The molecule has 1 aromatic heterocycles. The number of aliphatic hydroxyl groups is 1. The first kappa shape index (κ1) is 22.6. The molecule has 0 saturated heterocycles. The van der Waals surface area contributed by atoms with Crippen LogP contribution in [0.1, 0.15) is 38.8 Å². The maximum absolute atomic E-state index is 12.2. The van der Waals surface area contributed by atoms with E-state index in [0.717, 1.165) is 23.0 Å². The van der Waals surface area contributed by atoms with E-state index >= 15 is 0 Å². The van der Waals surface area contributed by atoms with Crippen LogP contribution in [0.25, 0.3) is 0 Å². The van der Waals surface area contributed by atoms with Crippen molar-refractivity contribution in [2.45, 2.75) is 39.2 Å². The highest BCUT2D eigenvalue weighted by atomic mass is 32.1. The molecule has 31 heavy (non-hydrogen) atoms. The van der Waals surface area contributed by atoms with Crippen LogP contribution in [0, 0.1) is 0 Å². The molecular formula is C23H28N4O3S. The lowest BCUT2D eigenvalue weighted by molar-refractivity contribution is 0.274. The predicted molar refractivity (Wildman–Crippen MR) is 127 cm³/mol. The molecule has 0 bridgehead atoms. The van der Waals surface area contributed by atoms with E-state index in [1.807, 2.05) is 42.5 Å². The second-order valence-electron chi connectivity index (χ2n) is 8.31. The highest BCUT2D eigenvalue weighted by Gasteiger charge is 2.16. The van der Waals surface area contributed by atoms with Crippen LogP contribution in [0.3, 0.4) is 0 Å². The zero-order valence-corrected chi connectivity index (χ0v) is 18.9. The average molecular weight is 441 g/mol. The minimum absolute atomic E-state index is 0.0448. The molecule has 0 fully saturated rings. The highest BCUT2D eigenvalue weighted by molar-refractivity contribution is 7.10. The monoisotopic (exact) mass is 440 g/mol. The van der Waals surface area contributed by atoms with Gasteiger partial charge in [-0.25, -0.2) is 0 Å². The molecule has 164 valence electrons. The Morgan fingerprint density at radius 2 is 1.94 bits per heavy atom. The molecule has 0 amide bonds. The van der Waals surface area contributed by atoms with Gasteiger partial charge in [0, 0.05) is 5.69 Å². The van der Waals surface area contributed by atoms with Crippen LogP contribution in [-0.4, -0.2) is 28.0 Å². The van der Waals surface area contributed by atoms with Gasteiger partial charge < -0.3 is 20.9 Å². The molecule has 1 unspecified atom stereocenters. The van der Waals surface area contributed by atoms with Crippen molar-refractivity contribution in [1.29, 1.82) is 0 Å². The van der Waals surface area contributed by atoms with Crippen LogP contribution in [-0.2, 0) is 5.41 Å². The lowest BCUT2D eigenvalue weighted by Gasteiger charge is -2.19. The van der Waals surface area contributed by atoms with E-state index < -0.39 is 0 Å². The van der Waals surface area contributed by atoms with Crippen molar-refractivity contribution in [2.75, 3.05) is 11.9 Å². The minimum atomic E-state index is -0.389. The van der Waals surface area contributed by atoms with Gasteiger partial charge in [0.25, 0.3) is 5.56 Å². The van der Waals surface area contributed by atoms with Gasteiger partial charge in [-0.05, 0) is 65.8 Å². The molecule has 1 atom stereocenters. The maximum atomic E-state index is 12.2. The van der Waals surface area contributed by atoms with Crippen LogP contribution in [0.15, 0.2) is 58.3 Å². The molecule has 7 nitrogen and oxygen atoms in total. The average Bonchev–Trinajstić information content (AvgIpc) is 3.09. The molecule has 0 saturated carbocycles. The fourth-order valence-electron chi connectivity index (χ4n) is 2.87. The normalized spacial score (nSPS) is 13.1. The van der Waals surface area contributed by atoms with Crippen molar-refractivity contribution in [2.24, 2.45) is 10.7 Å². The molecular weight excluding hydrogens is 412 g/mol. The number of anilines is 2. The zero-order chi connectivity index (χ0) is 22.6. The van der Waals surface area contributed by atoms with Gasteiger partial charge in [-0.1, -0.05) is 32.9 Å². The van der Waals surface area contributed by atoms with Gasteiger partial charge in [-0.15, -0.1) is 0 Å². The summed E-state index contributed by atoms with van der Waals surface area (Å²) in [6, 6.07) is 15.1. The number of hydrogen-bond acceptors (Lipinski definition) is 6. The Bertz CT molecular complexity index is 1110. The molecule has 3 rings (SSSR count). The van der Waals surface area contributed by atoms with E-state index in [4.69, 9.17) is 15.6 Å². The van der Waals surface area contributed by atoms with Gasteiger partial charge in [0.05, 0.1) is 12.6 Å². The summed E-state index contributed by atoms with van der Waals surface area (Å²) in [5, 5.41) is 12.9. The number of H-pyrrole nitrogens is 1. The third kappa shape index (κ3) is 5.74. The summed E-state index contributed by atoms with van der Waals surface area (Å²) in [4.78, 5) is 16.3. The Hall–Kier alpha value is -3.10. The maximum Gasteiger partial charge on any atom is 0.271 e. The third-order valence-electron chi connectivity index (χ3n) is 4.63. The van der Waals surface area contributed by atoms with Crippen molar-refractivity contribution in [3.05, 3.63) is 70.0 Å². The van der Waals surface area contributed by atoms with Gasteiger partial charge >= 0.3 is 0 Å². The van der Waals surface area contributed by atoms with Gasteiger partial charge in [0.1, 0.15) is 27.9 Å². The number of aromatic amines is 1. The number of aliphatic hydroxyl groups excluding tert-OH is 1. The summed E-state index contributed by atoms with van der Waals surface area (Å²) in [5.74, 6) is 1.57. The van der Waals surface area contributed by atoms with Crippen molar-refractivity contribution >= 4 is 28.1 Å². The number of aliphatic imine (C=N–C) groups is 1. The summed E-state index contributed by atoms with van der Waals surface area (Å²) in [6.07, 6.45) is 0. The standard InChI is InChI=1S/C23H28N4O3S/c1-14(13-28)25-20(24)19-21(29)27-31-22(19)26-16-8-10-17(11-9-16)30-18-7-5-6-15(12-18)23(2,3)4/h5-12,14,26,28H,13H2,1-4H3,(H2,24,25)(H,27,29). The first-order valence-corrected chi connectivity index (χ1v) is 10.8. The van der Waals surface area contributed by atoms with Crippen molar-refractivity contribution in [1.82, 2.24) is 4.37 Å². The number of nitrogens with zero attached hydrogens (tertiary/aromatic N) is 1. The predicted octanol–water partition coefficient (Wildman–Crippen LogP) is 4.36. The van der Waals surface area contributed by atoms with Crippen LogP contribution in [0.4, 0.5) is 10.7 Å². The molecule has 0 aliphatic carbocycles. The molecule has 2 aromatic carbocycles. The Kier molecular flexibility index (Phi) is 6.82. The number of amidine groups is 1. The zero-order valence-electron chi connectivity index (χ0n) is 18.1. The lowest BCUT2D eigenvalue weighted by Crippen LogP contribution is -2.24. The quantitative estimate of drug-likeness (QED) is 0.322. The van der Waals surface area contributed by atoms with E-state index in [9.17, 15) is 4.79 Å². The number of rotatable bonds is 7. The molecule has 1 heterocycles. The Balaban J connectivity index is 1.75. The summed E-state index contributed by atoms with van der Waals surface area (Å²) in [5.41, 5.74) is 7.96. The van der Waals surface area contributed by atoms with Gasteiger partial charge in [0.2, 0.25) is 0 Å². The minimum Gasteiger partial charge on any atom is -0.457 e. The van der Waals surface area contributed by atoms with Gasteiger partial charge in [0.15, 0.2) is 0 Å². The summed E-state index contributed by atoms with van der Waals surface area (Å²) < 4.78 is 8.66.